The van der Waals surface area contributed by atoms with Crippen molar-refractivity contribution in [2.24, 2.45) is 10.3 Å². The molecule has 8 nitrogen and oxygen atoms in total. The van der Waals surface area contributed by atoms with Gasteiger partial charge in [-0.15, -0.1) is 5.11 Å². The third-order valence-corrected chi connectivity index (χ3v) is 7.54. The number of carbonyl (C=O) groups excluding carboxylic acids is 2. The summed E-state index contributed by atoms with van der Waals surface area (Å²) in [7, 11) is -4.51. The van der Waals surface area contributed by atoms with Gasteiger partial charge in [-0.3, -0.25) is 14.6 Å². The minimum absolute atomic E-state index is 0.211. The van der Waals surface area contributed by atoms with Gasteiger partial charge in [0.05, 0.1) is 10.6 Å². The summed E-state index contributed by atoms with van der Waals surface area (Å²) < 4.78 is 27.3. The Balaban J connectivity index is 1.59. The predicted molar refractivity (Wildman–Crippen MR) is 146 cm³/mol. The van der Waals surface area contributed by atoms with Crippen LogP contribution in [0.3, 0.4) is 0 Å². The van der Waals surface area contributed by atoms with Crippen molar-refractivity contribution in [2.45, 2.75) is 24.2 Å². The topological polar surface area (TPSA) is 99.5 Å². The minimum Gasteiger partial charge on any atom is -0.278 e. The van der Waals surface area contributed by atoms with E-state index < -0.39 is 21.8 Å². The molecular formula is C29H28N4O4S. The van der Waals surface area contributed by atoms with Crippen molar-refractivity contribution >= 4 is 39.7 Å². The minimum atomic E-state index is -4.51. The number of imide groups is 1. The first-order chi connectivity index (χ1) is 18.4. The number of hydrogen-bond acceptors (Lipinski definition) is 6. The summed E-state index contributed by atoms with van der Waals surface area (Å²) in [5, 5.41) is 10.3. The fourth-order valence-corrected chi connectivity index (χ4v) is 5.10. The van der Waals surface area contributed by atoms with Crippen molar-refractivity contribution in [3.8, 4) is 0 Å². The molecule has 3 aromatic rings. The molecule has 0 aromatic heterocycles. The number of hydrogen-bond donors (Lipinski definition) is 0. The number of carbonyl (C=O) groups is 2. The number of sulfonamides is 1. The molecule has 0 N–H and O–H groups in total. The molecule has 0 saturated carbocycles. The zero-order chi connectivity index (χ0) is 26.8. The molecule has 1 aliphatic rings. The van der Waals surface area contributed by atoms with Crippen LogP contribution in [0.25, 0.3) is 12.2 Å². The third-order valence-electron chi connectivity index (χ3n) is 5.83. The molecule has 0 aliphatic carbocycles. The van der Waals surface area contributed by atoms with Crippen molar-refractivity contribution in [3.05, 3.63) is 108 Å². The summed E-state index contributed by atoms with van der Waals surface area (Å²) in [6.45, 7) is 1.67. The van der Waals surface area contributed by atoms with Crippen LogP contribution in [0.2, 0.25) is 0 Å². The Morgan fingerprint density at radius 1 is 0.711 bits per heavy atom. The van der Waals surface area contributed by atoms with Crippen LogP contribution in [0.15, 0.2) is 112 Å². The van der Waals surface area contributed by atoms with Crippen LogP contribution in [0, 0.1) is 0 Å². The first kappa shape index (κ1) is 26.7. The first-order valence-electron chi connectivity index (χ1n) is 12.3. The zero-order valence-corrected chi connectivity index (χ0v) is 21.6. The predicted octanol–water partition coefficient (Wildman–Crippen LogP) is 5.64. The normalized spacial score (nSPS) is 14.4. The van der Waals surface area contributed by atoms with E-state index in [0.717, 1.165) is 38.1 Å². The molecule has 0 radical (unpaired) electrons. The molecule has 0 unspecified atom stereocenters. The van der Waals surface area contributed by atoms with Gasteiger partial charge in [0.15, 0.2) is 0 Å². The Kier molecular flexibility index (Phi) is 8.94. The second kappa shape index (κ2) is 12.7. The number of rotatable bonds is 8. The second-order valence-corrected chi connectivity index (χ2v) is 10.4. The largest absolute Gasteiger partial charge is 0.278 e. The van der Waals surface area contributed by atoms with Gasteiger partial charge in [-0.25, -0.2) is 8.42 Å². The van der Waals surface area contributed by atoms with Crippen LogP contribution >= 0.6 is 0 Å². The van der Waals surface area contributed by atoms with Gasteiger partial charge >= 0.3 is 0 Å². The molecule has 2 amide bonds. The Morgan fingerprint density at radius 2 is 1.21 bits per heavy atom. The average molecular weight is 529 g/mol. The van der Waals surface area contributed by atoms with Gasteiger partial charge in [-0.1, -0.05) is 65.9 Å². The molecular weight excluding hydrogens is 500 g/mol. The van der Waals surface area contributed by atoms with Crippen LogP contribution in [0.1, 0.15) is 30.4 Å². The highest BCUT2D eigenvalue weighted by Crippen LogP contribution is 2.22. The lowest BCUT2D eigenvalue weighted by atomic mass is 10.2. The van der Waals surface area contributed by atoms with Crippen LogP contribution < -0.4 is 0 Å². The molecule has 0 bridgehead atoms. The van der Waals surface area contributed by atoms with Gasteiger partial charge in [0.1, 0.15) is 0 Å². The zero-order valence-electron chi connectivity index (χ0n) is 20.8. The summed E-state index contributed by atoms with van der Waals surface area (Å²) in [6, 6.07) is 23.5. The lowest BCUT2D eigenvalue weighted by Gasteiger charge is -2.21. The molecule has 0 atom stereocenters. The third kappa shape index (κ3) is 7.10. The van der Waals surface area contributed by atoms with E-state index >= 15 is 0 Å². The number of nitrogens with zero attached hydrogens (tertiary/aromatic N) is 4. The molecule has 194 valence electrons. The number of piperidine rings is 1. The molecule has 3 aromatic carbocycles. The van der Waals surface area contributed by atoms with Crippen LogP contribution in [-0.4, -0.2) is 42.6 Å². The van der Waals surface area contributed by atoms with Crippen molar-refractivity contribution in [2.75, 3.05) is 13.1 Å². The van der Waals surface area contributed by atoms with E-state index in [1.54, 1.807) is 48.5 Å². The second-order valence-electron chi connectivity index (χ2n) is 8.63. The average Bonchev–Trinajstić information content (AvgIpc) is 2.96. The Bertz CT molecular complexity index is 1370. The molecule has 1 fully saturated rings. The molecule has 1 heterocycles. The standard InChI is InChI=1S/C29H28N4O4S/c34-28(20-14-24-10-4-1-5-11-24)33(29(35)21-15-25-12-6-2-7-13-25)38(36,37)27-18-16-26(17-19-27)30-31-32-22-8-3-9-23-32/h1-2,4-7,10-21H,3,8-9,22-23H2. The van der Waals surface area contributed by atoms with Gasteiger partial charge < -0.3 is 0 Å². The molecule has 1 saturated heterocycles. The van der Waals surface area contributed by atoms with Gasteiger partial charge in [0, 0.05) is 25.2 Å². The van der Waals surface area contributed by atoms with Crippen molar-refractivity contribution < 1.29 is 18.0 Å². The van der Waals surface area contributed by atoms with Crippen LogP contribution in [-0.2, 0) is 19.6 Å². The molecule has 38 heavy (non-hydrogen) atoms. The SMILES string of the molecule is O=C(C=Cc1ccccc1)N(C(=O)C=Cc1ccccc1)S(=O)(=O)c1ccc(N=NN2CCCCC2)cc1. The van der Waals surface area contributed by atoms with E-state index in [-0.39, 0.29) is 9.20 Å². The summed E-state index contributed by atoms with van der Waals surface area (Å²) >= 11 is 0. The van der Waals surface area contributed by atoms with Gasteiger partial charge in [0.25, 0.3) is 21.8 Å². The Labute approximate surface area is 222 Å². The number of benzene rings is 3. The molecule has 0 spiro atoms. The van der Waals surface area contributed by atoms with Crippen molar-refractivity contribution in [1.82, 2.24) is 9.31 Å². The summed E-state index contributed by atoms with van der Waals surface area (Å²) in [4.78, 5) is 26.0. The maximum Gasteiger partial charge on any atom is 0.273 e. The summed E-state index contributed by atoms with van der Waals surface area (Å²) in [6.07, 6.45) is 8.36. The quantitative estimate of drug-likeness (QED) is 0.278. The highest BCUT2D eigenvalue weighted by molar-refractivity contribution is 7.90. The first-order valence-corrected chi connectivity index (χ1v) is 13.7. The highest BCUT2D eigenvalue weighted by atomic mass is 32.2. The van der Waals surface area contributed by atoms with Crippen LogP contribution in [0.5, 0.6) is 0 Å². The summed E-state index contributed by atoms with van der Waals surface area (Å²) in [5.74, 6) is -1.96. The van der Waals surface area contributed by atoms with E-state index in [4.69, 9.17) is 0 Å². The number of amides is 2. The van der Waals surface area contributed by atoms with Crippen LogP contribution in [0.4, 0.5) is 5.69 Å². The Morgan fingerprint density at radius 3 is 1.71 bits per heavy atom. The van der Waals surface area contributed by atoms with E-state index in [2.05, 4.69) is 10.3 Å². The molecule has 9 heteroatoms. The van der Waals surface area contributed by atoms with E-state index in [0.29, 0.717) is 16.8 Å². The van der Waals surface area contributed by atoms with Gasteiger partial charge in [0.2, 0.25) is 0 Å². The maximum absolute atomic E-state index is 13.5. The highest BCUT2D eigenvalue weighted by Gasteiger charge is 2.33. The van der Waals surface area contributed by atoms with E-state index in [1.807, 2.05) is 17.1 Å². The van der Waals surface area contributed by atoms with E-state index in [9.17, 15) is 18.0 Å². The lowest BCUT2D eigenvalue weighted by Crippen LogP contribution is -2.39. The fraction of sp³-hybridized carbons (Fsp3) is 0.172. The van der Waals surface area contributed by atoms with Gasteiger partial charge in [-0.2, -0.15) is 4.31 Å². The van der Waals surface area contributed by atoms with Crippen molar-refractivity contribution in [1.29, 1.82) is 0 Å². The summed E-state index contributed by atoms with van der Waals surface area (Å²) in [5.41, 5.74) is 1.84. The fourth-order valence-electron chi connectivity index (χ4n) is 3.82. The van der Waals surface area contributed by atoms with Crippen molar-refractivity contribution in [3.63, 3.8) is 0 Å². The smallest absolute Gasteiger partial charge is 0.273 e. The lowest BCUT2D eigenvalue weighted by molar-refractivity contribution is -0.132. The molecule has 1 aliphatic heterocycles. The Hall–Kier alpha value is -4.37. The van der Waals surface area contributed by atoms with E-state index in [1.165, 1.54) is 42.8 Å². The monoisotopic (exact) mass is 528 g/mol. The van der Waals surface area contributed by atoms with Gasteiger partial charge in [-0.05, 0) is 66.8 Å². The molecule has 4 rings (SSSR count). The maximum atomic E-state index is 13.5.